The van der Waals surface area contributed by atoms with Gasteiger partial charge in [-0.25, -0.2) is 8.42 Å². The molecular formula is C7H15Cl2NO2S. The number of alkyl halides is 2. The van der Waals surface area contributed by atoms with E-state index in [1.165, 1.54) is 0 Å². The summed E-state index contributed by atoms with van der Waals surface area (Å²) in [5, 5.41) is 2.99. The molecule has 0 radical (unpaired) electrons. The second kappa shape index (κ2) is 7.85. The molecule has 80 valence electrons. The first-order valence-electron chi connectivity index (χ1n) is 4.15. The molecule has 0 amide bonds. The zero-order valence-corrected chi connectivity index (χ0v) is 9.76. The van der Waals surface area contributed by atoms with Gasteiger partial charge in [0.05, 0.1) is 11.5 Å². The van der Waals surface area contributed by atoms with Crippen molar-refractivity contribution in [1.82, 2.24) is 5.32 Å². The minimum Gasteiger partial charge on any atom is -0.316 e. The molecule has 3 nitrogen and oxygen atoms in total. The van der Waals surface area contributed by atoms with Crippen molar-refractivity contribution in [2.75, 3.05) is 36.4 Å². The van der Waals surface area contributed by atoms with E-state index < -0.39 is 9.84 Å². The zero-order chi connectivity index (χ0) is 10.2. The number of sulfone groups is 1. The van der Waals surface area contributed by atoms with E-state index in [1.807, 2.05) is 0 Å². The van der Waals surface area contributed by atoms with E-state index in [2.05, 4.69) is 5.32 Å². The second-order valence-electron chi connectivity index (χ2n) is 2.63. The number of hydrogen-bond donors (Lipinski definition) is 1. The third kappa shape index (κ3) is 8.81. The molecule has 0 aliphatic heterocycles. The fraction of sp³-hybridized carbons (Fsp3) is 1.00. The lowest BCUT2D eigenvalue weighted by atomic mass is 10.5. The van der Waals surface area contributed by atoms with Gasteiger partial charge in [-0.2, -0.15) is 0 Å². The van der Waals surface area contributed by atoms with Crippen molar-refractivity contribution in [3.8, 4) is 0 Å². The number of hydrogen-bond acceptors (Lipinski definition) is 3. The number of rotatable bonds is 8. The topological polar surface area (TPSA) is 46.2 Å². The Bertz CT molecular complexity index is 207. The van der Waals surface area contributed by atoms with Gasteiger partial charge in [0, 0.05) is 18.3 Å². The molecule has 0 aromatic carbocycles. The fourth-order valence-electron chi connectivity index (χ4n) is 0.764. The highest BCUT2D eigenvalue weighted by molar-refractivity contribution is 7.91. The Morgan fingerprint density at radius 3 is 2.23 bits per heavy atom. The van der Waals surface area contributed by atoms with Crippen LogP contribution in [0.25, 0.3) is 0 Å². The van der Waals surface area contributed by atoms with Crippen LogP contribution in [0.3, 0.4) is 0 Å². The van der Waals surface area contributed by atoms with E-state index >= 15 is 0 Å². The van der Waals surface area contributed by atoms with Crippen molar-refractivity contribution in [1.29, 1.82) is 0 Å². The summed E-state index contributed by atoms with van der Waals surface area (Å²) >= 11 is 10.8. The largest absolute Gasteiger partial charge is 0.316 e. The summed E-state index contributed by atoms with van der Waals surface area (Å²) in [4.78, 5) is 0. The Morgan fingerprint density at radius 2 is 1.69 bits per heavy atom. The van der Waals surface area contributed by atoms with Crippen LogP contribution in [0.1, 0.15) is 6.42 Å². The molecule has 6 heteroatoms. The van der Waals surface area contributed by atoms with Crippen molar-refractivity contribution in [3.05, 3.63) is 0 Å². The predicted molar refractivity (Wildman–Crippen MR) is 57.6 cm³/mol. The highest BCUT2D eigenvalue weighted by Crippen LogP contribution is 1.91. The summed E-state index contributed by atoms with van der Waals surface area (Å²) in [5.74, 6) is 0.985. The van der Waals surface area contributed by atoms with Crippen LogP contribution in [0.2, 0.25) is 0 Å². The molecule has 0 saturated heterocycles. The van der Waals surface area contributed by atoms with Crippen LogP contribution in [0.5, 0.6) is 0 Å². The Morgan fingerprint density at radius 1 is 1.00 bits per heavy atom. The van der Waals surface area contributed by atoms with E-state index in [1.54, 1.807) is 0 Å². The van der Waals surface area contributed by atoms with Gasteiger partial charge >= 0.3 is 0 Å². The van der Waals surface area contributed by atoms with E-state index in [-0.39, 0.29) is 17.4 Å². The quantitative estimate of drug-likeness (QED) is 0.512. The van der Waals surface area contributed by atoms with Gasteiger partial charge in [0.2, 0.25) is 0 Å². The van der Waals surface area contributed by atoms with E-state index in [4.69, 9.17) is 23.2 Å². The van der Waals surface area contributed by atoms with Gasteiger partial charge in [-0.15, -0.1) is 23.2 Å². The summed E-state index contributed by atoms with van der Waals surface area (Å²) in [6, 6.07) is 0. The minimum absolute atomic E-state index is 0.0613. The number of halogens is 2. The molecule has 0 rings (SSSR count). The first-order valence-corrected chi connectivity index (χ1v) is 7.04. The smallest absolute Gasteiger partial charge is 0.152 e. The van der Waals surface area contributed by atoms with Gasteiger partial charge < -0.3 is 5.32 Å². The predicted octanol–water partition coefficient (Wildman–Crippen LogP) is 0.859. The number of nitrogens with one attached hydrogen (secondary N) is 1. The van der Waals surface area contributed by atoms with Crippen LogP contribution in [-0.2, 0) is 9.84 Å². The van der Waals surface area contributed by atoms with Crippen molar-refractivity contribution >= 4 is 33.0 Å². The molecular weight excluding hydrogens is 233 g/mol. The third-order valence-corrected chi connectivity index (χ3v) is 3.80. The van der Waals surface area contributed by atoms with Crippen molar-refractivity contribution in [2.24, 2.45) is 0 Å². The molecule has 0 atom stereocenters. The van der Waals surface area contributed by atoms with Gasteiger partial charge in [-0.05, 0) is 13.0 Å². The van der Waals surface area contributed by atoms with Crippen LogP contribution < -0.4 is 5.32 Å². The average molecular weight is 248 g/mol. The molecule has 1 N–H and O–H groups in total. The highest BCUT2D eigenvalue weighted by Gasteiger charge is 2.08. The second-order valence-corrected chi connectivity index (χ2v) is 5.69. The SMILES string of the molecule is O=S(=O)(CCCl)CCNCCCCl. The van der Waals surface area contributed by atoms with Crippen molar-refractivity contribution in [3.63, 3.8) is 0 Å². The van der Waals surface area contributed by atoms with Crippen LogP contribution in [-0.4, -0.2) is 44.8 Å². The molecule has 0 fully saturated rings. The first-order chi connectivity index (χ1) is 6.12. The first kappa shape index (κ1) is 13.5. The van der Waals surface area contributed by atoms with Crippen molar-refractivity contribution < 1.29 is 8.42 Å². The van der Waals surface area contributed by atoms with Gasteiger partial charge in [0.15, 0.2) is 9.84 Å². The molecule has 0 heterocycles. The maximum atomic E-state index is 11.1. The van der Waals surface area contributed by atoms with Gasteiger partial charge in [-0.3, -0.25) is 0 Å². The van der Waals surface area contributed by atoms with Gasteiger partial charge in [0.1, 0.15) is 0 Å². The van der Waals surface area contributed by atoms with E-state index in [0.717, 1.165) is 13.0 Å². The Labute approximate surface area is 89.7 Å². The molecule has 0 bridgehead atoms. The minimum atomic E-state index is -2.95. The van der Waals surface area contributed by atoms with Gasteiger partial charge in [0.25, 0.3) is 0 Å². The summed E-state index contributed by atoms with van der Waals surface area (Å²) in [6.07, 6.45) is 0.858. The maximum absolute atomic E-state index is 11.1. The summed E-state index contributed by atoms with van der Waals surface area (Å²) in [5.41, 5.74) is 0. The van der Waals surface area contributed by atoms with Gasteiger partial charge in [-0.1, -0.05) is 0 Å². The van der Waals surface area contributed by atoms with Crippen molar-refractivity contribution in [2.45, 2.75) is 6.42 Å². The summed E-state index contributed by atoms with van der Waals surface area (Å²) in [6.45, 7) is 1.25. The summed E-state index contributed by atoms with van der Waals surface area (Å²) in [7, 11) is -2.95. The zero-order valence-electron chi connectivity index (χ0n) is 7.43. The molecule has 0 aromatic heterocycles. The monoisotopic (exact) mass is 247 g/mol. The lowest BCUT2D eigenvalue weighted by Crippen LogP contribution is -2.25. The van der Waals surface area contributed by atoms with Crippen LogP contribution in [0.4, 0.5) is 0 Å². The highest BCUT2D eigenvalue weighted by atomic mass is 35.5. The average Bonchev–Trinajstić information content (AvgIpc) is 2.04. The molecule has 0 aliphatic rings. The standard InChI is InChI=1S/C7H15Cl2NO2S/c8-2-1-4-10-5-7-13(11,12)6-3-9/h10H,1-7H2. The summed E-state index contributed by atoms with van der Waals surface area (Å²) < 4.78 is 22.2. The maximum Gasteiger partial charge on any atom is 0.152 e. The van der Waals surface area contributed by atoms with E-state index in [9.17, 15) is 8.42 Å². The molecule has 0 saturated carbocycles. The lowest BCUT2D eigenvalue weighted by Gasteiger charge is -2.03. The molecule has 0 unspecified atom stereocenters. The Balaban J connectivity index is 3.41. The van der Waals surface area contributed by atoms with Crippen LogP contribution in [0, 0.1) is 0 Å². The van der Waals surface area contributed by atoms with Crippen LogP contribution >= 0.6 is 23.2 Å². The van der Waals surface area contributed by atoms with E-state index in [0.29, 0.717) is 12.4 Å². The Hall–Kier alpha value is 0.490. The Kier molecular flexibility index (Phi) is 8.15. The third-order valence-electron chi connectivity index (χ3n) is 1.47. The fourth-order valence-corrected chi connectivity index (χ4v) is 2.50. The normalized spacial score (nSPS) is 11.8. The lowest BCUT2D eigenvalue weighted by molar-refractivity contribution is 0.592. The molecule has 0 aliphatic carbocycles. The molecule has 0 spiro atoms. The molecule has 13 heavy (non-hydrogen) atoms. The van der Waals surface area contributed by atoms with Crippen LogP contribution in [0.15, 0.2) is 0 Å². The molecule has 0 aromatic rings.